The molecule has 0 bridgehead atoms. The van der Waals surface area contributed by atoms with Crippen LogP contribution in [0.5, 0.6) is 0 Å². The van der Waals surface area contributed by atoms with Crippen molar-refractivity contribution in [3.63, 3.8) is 0 Å². The Bertz CT molecular complexity index is 2870. The minimum Gasteiger partial charge on any atom is -0.500 e. The van der Waals surface area contributed by atoms with Gasteiger partial charge in [-0.2, -0.15) is 0 Å². The van der Waals surface area contributed by atoms with E-state index in [1.54, 1.807) is 0 Å². The topological polar surface area (TPSA) is 38.9 Å². The molecule has 0 amide bonds. The maximum absolute atomic E-state index is 9.73. The smallest absolute Gasteiger partial charge is 0.129 e. The van der Waals surface area contributed by atoms with E-state index in [1.165, 1.54) is 37.4 Å². The van der Waals surface area contributed by atoms with Crippen LogP contribution < -0.4 is 0 Å². The normalized spacial score (nSPS) is 18.4. The van der Waals surface area contributed by atoms with Gasteiger partial charge in [-0.3, -0.25) is 0 Å². The maximum Gasteiger partial charge on any atom is 0.129 e. The van der Waals surface area contributed by atoms with Gasteiger partial charge in [0.1, 0.15) is 5.58 Å². The Labute approximate surface area is 363 Å². The molecule has 0 N–H and O–H groups in total. The third-order valence-corrected chi connectivity index (χ3v) is 13.0. The molecule has 3 nitrogen and oxygen atoms in total. The molecule has 0 aliphatic heterocycles. The first-order chi connectivity index (χ1) is 29.0. The second-order valence-electron chi connectivity index (χ2n) is 18.4. The summed E-state index contributed by atoms with van der Waals surface area (Å²) >= 11 is 0. The molecular weight excluding hydrogens is 885 g/mol. The van der Waals surface area contributed by atoms with Crippen molar-refractivity contribution in [2.24, 2.45) is 10.8 Å². The first-order valence-corrected chi connectivity index (χ1v) is 20.7. The van der Waals surface area contributed by atoms with E-state index >= 15 is 0 Å². The van der Waals surface area contributed by atoms with Gasteiger partial charge in [-0.05, 0) is 125 Å². The molecule has 8 aromatic rings. The van der Waals surface area contributed by atoms with E-state index in [2.05, 4.69) is 106 Å². The molecule has 0 saturated heterocycles. The number of rotatable bonds is 3. The van der Waals surface area contributed by atoms with Crippen molar-refractivity contribution in [1.29, 1.82) is 0 Å². The standard InChI is InChI=1S/C39H38NO.C15H16N.Ir/c1-25-24-40-34(23-33(25)27-15-17-39(18-16-27)21-19-38(2,3)20-22-39)32-10-6-9-30-31-14-13-28-12-11-26-7-4-5-8-29(26)35(28)37(31)41-36(30)32;1-15(2,3)13-9-10-14(16-11-13)12-7-5-4-6-8-12;/h4-9,11-14,23-24,27H,15-22H2,1-3H3;4-7,9-11H,1-3H3;/q2*-1;/i1D3,27D;;. The zero-order valence-electron chi connectivity index (χ0n) is 38.3. The summed E-state index contributed by atoms with van der Waals surface area (Å²) in [5.74, 6) is -0.976. The van der Waals surface area contributed by atoms with Crippen molar-refractivity contribution in [3.8, 4) is 22.5 Å². The Morgan fingerprint density at radius 2 is 1.43 bits per heavy atom. The molecule has 3 aromatic heterocycles. The van der Waals surface area contributed by atoms with Crippen LogP contribution in [0.1, 0.15) is 114 Å². The Balaban J connectivity index is 0.000000263. The van der Waals surface area contributed by atoms with E-state index in [4.69, 9.17) is 13.5 Å². The van der Waals surface area contributed by atoms with Crippen LogP contribution in [0, 0.1) is 29.8 Å². The predicted octanol–water partition coefficient (Wildman–Crippen LogP) is 15.2. The predicted molar refractivity (Wildman–Crippen MR) is 239 cm³/mol. The van der Waals surface area contributed by atoms with Crippen molar-refractivity contribution >= 4 is 43.5 Å². The van der Waals surface area contributed by atoms with E-state index in [0.717, 1.165) is 62.0 Å². The molecule has 0 unspecified atom stereocenters. The first kappa shape index (κ1) is 35.3. The maximum atomic E-state index is 9.73. The fourth-order valence-electron chi connectivity index (χ4n) is 9.22. The number of hydrogen-bond acceptors (Lipinski definition) is 3. The van der Waals surface area contributed by atoms with Crippen molar-refractivity contribution in [1.82, 2.24) is 9.97 Å². The van der Waals surface area contributed by atoms with Gasteiger partial charge in [-0.15, -0.1) is 54.1 Å². The second kappa shape index (κ2) is 15.9. The van der Waals surface area contributed by atoms with Crippen molar-refractivity contribution < 1.29 is 30.0 Å². The van der Waals surface area contributed by atoms with Gasteiger partial charge in [0.2, 0.25) is 0 Å². The average molecular weight is 943 g/mol. The molecule has 2 aliphatic carbocycles. The van der Waals surface area contributed by atoms with Crippen LogP contribution in [-0.2, 0) is 25.5 Å². The van der Waals surface area contributed by atoms with Gasteiger partial charge >= 0.3 is 0 Å². The Kier molecular flexibility index (Phi) is 9.65. The number of aromatic nitrogens is 2. The molecule has 2 aliphatic rings. The summed E-state index contributed by atoms with van der Waals surface area (Å²) in [7, 11) is 0. The number of aryl methyl sites for hydroxylation is 1. The van der Waals surface area contributed by atoms with Crippen LogP contribution in [0.4, 0.5) is 0 Å². The van der Waals surface area contributed by atoms with Gasteiger partial charge < -0.3 is 14.4 Å². The van der Waals surface area contributed by atoms with Gasteiger partial charge in [-0.1, -0.05) is 112 Å². The van der Waals surface area contributed by atoms with Crippen molar-refractivity contribution in [2.75, 3.05) is 0 Å². The van der Waals surface area contributed by atoms with E-state index in [-0.39, 0.29) is 36.5 Å². The number of furan rings is 1. The van der Waals surface area contributed by atoms with E-state index < -0.39 is 12.7 Å². The number of pyridine rings is 2. The fourth-order valence-corrected chi connectivity index (χ4v) is 9.22. The van der Waals surface area contributed by atoms with Crippen LogP contribution in [0.2, 0.25) is 0 Å². The van der Waals surface area contributed by atoms with Crippen LogP contribution in [0.3, 0.4) is 0 Å². The third-order valence-electron chi connectivity index (χ3n) is 13.0. The molecule has 58 heavy (non-hydrogen) atoms. The summed E-state index contributed by atoms with van der Waals surface area (Å²) in [6, 6.07) is 41.3. The van der Waals surface area contributed by atoms with Crippen LogP contribution in [0.25, 0.3) is 66.0 Å². The molecular formula is C54H54IrN2O-2. The molecule has 2 fully saturated rings. The molecule has 10 rings (SSSR count). The number of nitrogens with zero attached hydrogens (tertiary/aromatic N) is 2. The minimum atomic E-state index is -2.35. The molecule has 0 atom stereocenters. The number of benzene rings is 5. The van der Waals surface area contributed by atoms with Gasteiger partial charge in [0, 0.05) is 48.8 Å². The summed E-state index contributed by atoms with van der Waals surface area (Å²) in [5, 5.41) is 6.47. The number of fused-ring (bicyclic) bond motifs is 7. The summed E-state index contributed by atoms with van der Waals surface area (Å²) in [6.07, 6.45) is 11.6. The quantitative estimate of drug-likeness (QED) is 0.131. The molecule has 4 heteroatoms. The zero-order chi connectivity index (χ0) is 42.8. The molecule has 1 radical (unpaired) electrons. The van der Waals surface area contributed by atoms with Crippen LogP contribution in [0.15, 0.2) is 120 Å². The van der Waals surface area contributed by atoms with Gasteiger partial charge in [-0.25, -0.2) is 0 Å². The zero-order valence-corrected chi connectivity index (χ0v) is 36.7. The van der Waals surface area contributed by atoms with Crippen LogP contribution in [-0.4, -0.2) is 9.97 Å². The second-order valence-corrected chi connectivity index (χ2v) is 18.4. The fraction of sp³-hybridized carbons (Fsp3) is 0.333. The summed E-state index contributed by atoms with van der Waals surface area (Å²) in [5.41, 5.74) is 7.69. The SMILES string of the molecule is CC(C)(C)c1ccc(-c2[c-]cccc2)nc1.[2H]C([2H])([2H])c1cnc(-c2[c-]ccc3c2oc2c3ccc3ccc4ccccc4c32)cc1C1([2H])CCC2(CCC(C)(C)CC2)CC1.[Ir]. The Morgan fingerprint density at radius 3 is 2.16 bits per heavy atom. The van der Waals surface area contributed by atoms with Gasteiger partial charge in [0.05, 0.1) is 5.58 Å². The van der Waals surface area contributed by atoms with E-state index in [1.807, 2.05) is 54.7 Å². The van der Waals surface area contributed by atoms with Gasteiger partial charge in [0.15, 0.2) is 0 Å². The molecule has 3 heterocycles. The molecule has 5 aromatic carbocycles. The summed E-state index contributed by atoms with van der Waals surface area (Å²) in [4.78, 5) is 9.18. The summed E-state index contributed by atoms with van der Waals surface area (Å²) < 4.78 is 41.5. The third kappa shape index (κ3) is 7.79. The van der Waals surface area contributed by atoms with Crippen molar-refractivity contribution in [2.45, 2.75) is 104 Å². The average Bonchev–Trinajstić information content (AvgIpc) is 3.65. The van der Waals surface area contributed by atoms with Crippen molar-refractivity contribution in [3.05, 3.63) is 144 Å². The summed E-state index contributed by atoms with van der Waals surface area (Å²) in [6.45, 7) is 8.95. The molecule has 2 saturated carbocycles. The molecule has 297 valence electrons. The van der Waals surface area contributed by atoms with Gasteiger partial charge in [0.25, 0.3) is 0 Å². The molecule has 1 spiro atoms. The minimum absolute atomic E-state index is 0. The monoisotopic (exact) mass is 943 g/mol. The largest absolute Gasteiger partial charge is 0.500 e. The number of hydrogen-bond donors (Lipinski definition) is 0. The Hall–Kier alpha value is -4.63. The van der Waals surface area contributed by atoms with E-state index in [9.17, 15) is 1.37 Å². The van der Waals surface area contributed by atoms with E-state index in [0.29, 0.717) is 40.7 Å². The van der Waals surface area contributed by atoms with Crippen LogP contribution >= 0.6 is 0 Å². The first-order valence-electron chi connectivity index (χ1n) is 22.7. The Morgan fingerprint density at radius 1 is 0.707 bits per heavy atom.